The first-order valence-corrected chi connectivity index (χ1v) is 7.15. The van der Waals surface area contributed by atoms with Gasteiger partial charge < -0.3 is 24.8 Å². The lowest BCUT2D eigenvalue weighted by Gasteiger charge is -2.22. The molecule has 2 fully saturated rings. The predicted molar refractivity (Wildman–Crippen MR) is 70.0 cm³/mol. The van der Waals surface area contributed by atoms with E-state index >= 15 is 0 Å². The van der Waals surface area contributed by atoms with Gasteiger partial charge in [0.1, 0.15) is 6.10 Å². The number of hydrogen-bond donors (Lipinski definition) is 2. The van der Waals surface area contributed by atoms with Gasteiger partial charge in [0, 0.05) is 32.8 Å². The molecular weight excluding hydrogens is 248 g/mol. The molecule has 1 amide bonds. The molecule has 0 aromatic carbocycles. The fraction of sp³-hybridized carbons (Fsp3) is 0.923. The maximum Gasteiger partial charge on any atom is 0.250 e. The Morgan fingerprint density at radius 2 is 2.32 bits per heavy atom. The van der Waals surface area contributed by atoms with Gasteiger partial charge in [-0.1, -0.05) is 0 Å². The minimum atomic E-state index is -0.346. The molecule has 0 aromatic heterocycles. The van der Waals surface area contributed by atoms with Gasteiger partial charge in [-0.25, -0.2) is 0 Å². The molecular formula is C13H24N2O4. The number of amides is 1. The van der Waals surface area contributed by atoms with E-state index in [1.807, 2.05) is 0 Å². The molecule has 0 aliphatic carbocycles. The van der Waals surface area contributed by atoms with Crippen molar-refractivity contribution in [1.29, 1.82) is 0 Å². The van der Waals surface area contributed by atoms with Crippen LogP contribution in [0.2, 0.25) is 0 Å². The van der Waals surface area contributed by atoms with Gasteiger partial charge in [-0.3, -0.25) is 4.79 Å². The lowest BCUT2D eigenvalue weighted by Crippen LogP contribution is -2.48. The smallest absolute Gasteiger partial charge is 0.250 e. The number of carbonyl (C=O) groups excluding carboxylic acids is 1. The van der Waals surface area contributed by atoms with E-state index in [4.69, 9.17) is 14.2 Å². The topological polar surface area (TPSA) is 68.8 Å². The summed E-state index contributed by atoms with van der Waals surface area (Å²) in [4.78, 5) is 11.7. The fourth-order valence-electron chi connectivity index (χ4n) is 2.22. The summed E-state index contributed by atoms with van der Waals surface area (Å²) in [7, 11) is 0. The average Bonchev–Trinajstić information content (AvgIpc) is 2.96. The highest BCUT2D eigenvalue weighted by Crippen LogP contribution is 2.11. The maximum atomic E-state index is 11.7. The van der Waals surface area contributed by atoms with E-state index in [2.05, 4.69) is 10.6 Å². The Morgan fingerprint density at radius 1 is 1.37 bits per heavy atom. The van der Waals surface area contributed by atoms with E-state index in [0.717, 1.165) is 32.4 Å². The van der Waals surface area contributed by atoms with Crippen molar-refractivity contribution in [2.24, 2.45) is 0 Å². The molecule has 2 unspecified atom stereocenters. The van der Waals surface area contributed by atoms with Crippen LogP contribution < -0.4 is 10.6 Å². The number of hydrogen-bond acceptors (Lipinski definition) is 5. The van der Waals surface area contributed by atoms with Crippen LogP contribution in [0.5, 0.6) is 0 Å². The predicted octanol–water partition coefficient (Wildman–Crippen LogP) is -0.323. The number of morpholine rings is 1. The Balaban J connectivity index is 1.43. The third kappa shape index (κ3) is 5.44. The van der Waals surface area contributed by atoms with Crippen molar-refractivity contribution in [3.63, 3.8) is 0 Å². The van der Waals surface area contributed by atoms with Crippen LogP contribution in [-0.2, 0) is 19.0 Å². The average molecular weight is 272 g/mol. The van der Waals surface area contributed by atoms with E-state index in [9.17, 15) is 4.79 Å². The van der Waals surface area contributed by atoms with Crippen LogP contribution in [0.3, 0.4) is 0 Å². The van der Waals surface area contributed by atoms with E-state index < -0.39 is 0 Å². The quantitative estimate of drug-likeness (QED) is 0.622. The number of carbonyl (C=O) groups is 1. The summed E-state index contributed by atoms with van der Waals surface area (Å²) in [5.41, 5.74) is 0. The van der Waals surface area contributed by atoms with Crippen molar-refractivity contribution in [3.8, 4) is 0 Å². The first kappa shape index (κ1) is 14.7. The second kappa shape index (κ2) is 8.47. The molecule has 2 aliphatic rings. The molecule has 0 saturated carbocycles. The van der Waals surface area contributed by atoms with Gasteiger partial charge in [0.05, 0.1) is 19.3 Å². The van der Waals surface area contributed by atoms with Crippen molar-refractivity contribution >= 4 is 5.91 Å². The zero-order valence-electron chi connectivity index (χ0n) is 11.4. The summed E-state index contributed by atoms with van der Waals surface area (Å²) in [5, 5.41) is 6.00. The lowest BCUT2D eigenvalue weighted by molar-refractivity contribution is -0.134. The molecule has 0 aromatic rings. The molecule has 0 bridgehead atoms. The van der Waals surface area contributed by atoms with Gasteiger partial charge in [0.15, 0.2) is 0 Å². The van der Waals surface area contributed by atoms with Crippen LogP contribution in [0.15, 0.2) is 0 Å². The molecule has 2 heterocycles. The van der Waals surface area contributed by atoms with Gasteiger partial charge in [-0.05, 0) is 19.3 Å². The summed E-state index contributed by atoms with van der Waals surface area (Å²) >= 11 is 0. The van der Waals surface area contributed by atoms with Crippen LogP contribution >= 0.6 is 0 Å². The van der Waals surface area contributed by atoms with Gasteiger partial charge >= 0.3 is 0 Å². The SMILES string of the molecule is O=C(NCCCOCC1CCCO1)C1CNCCO1. The molecule has 2 atom stereocenters. The molecule has 19 heavy (non-hydrogen) atoms. The van der Waals surface area contributed by atoms with Crippen LogP contribution in [0, 0.1) is 0 Å². The standard InChI is InChI=1S/C13H24N2O4/c16-13(12-9-14-5-8-19-12)15-4-2-6-17-10-11-3-1-7-18-11/h11-12,14H,1-10H2,(H,15,16). The highest BCUT2D eigenvalue weighted by atomic mass is 16.5. The second-order valence-electron chi connectivity index (χ2n) is 4.92. The third-order valence-corrected chi connectivity index (χ3v) is 3.31. The second-order valence-corrected chi connectivity index (χ2v) is 4.92. The summed E-state index contributed by atoms with van der Waals surface area (Å²) in [6.07, 6.45) is 2.98. The summed E-state index contributed by atoms with van der Waals surface area (Å²) in [6, 6.07) is 0. The van der Waals surface area contributed by atoms with E-state index in [-0.39, 0.29) is 18.1 Å². The van der Waals surface area contributed by atoms with Crippen LogP contribution in [0.25, 0.3) is 0 Å². The van der Waals surface area contributed by atoms with Crippen molar-refractivity contribution < 1.29 is 19.0 Å². The number of nitrogens with one attached hydrogen (secondary N) is 2. The summed E-state index contributed by atoms with van der Waals surface area (Å²) < 4.78 is 16.3. The van der Waals surface area contributed by atoms with Crippen molar-refractivity contribution in [3.05, 3.63) is 0 Å². The molecule has 2 N–H and O–H groups in total. The summed E-state index contributed by atoms with van der Waals surface area (Å²) in [6.45, 7) is 4.84. The van der Waals surface area contributed by atoms with Gasteiger partial charge in [-0.15, -0.1) is 0 Å². The third-order valence-electron chi connectivity index (χ3n) is 3.31. The molecule has 0 radical (unpaired) electrons. The Labute approximate surface area is 114 Å². The van der Waals surface area contributed by atoms with E-state index in [1.54, 1.807) is 0 Å². The van der Waals surface area contributed by atoms with Crippen molar-refractivity contribution in [1.82, 2.24) is 10.6 Å². The summed E-state index contributed by atoms with van der Waals surface area (Å²) in [5.74, 6) is -0.0358. The normalized spacial score (nSPS) is 27.4. The van der Waals surface area contributed by atoms with Crippen LogP contribution in [-0.4, -0.2) is 64.2 Å². The number of ether oxygens (including phenoxy) is 3. The maximum absolute atomic E-state index is 11.7. The van der Waals surface area contributed by atoms with Crippen LogP contribution in [0.4, 0.5) is 0 Å². The molecule has 2 saturated heterocycles. The highest BCUT2D eigenvalue weighted by Gasteiger charge is 2.21. The van der Waals surface area contributed by atoms with Gasteiger partial charge in [-0.2, -0.15) is 0 Å². The Morgan fingerprint density at radius 3 is 3.05 bits per heavy atom. The van der Waals surface area contributed by atoms with Crippen molar-refractivity contribution in [2.45, 2.75) is 31.5 Å². The Bertz CT molecular complexity index is 263. The first-order valence-electron chi connectivity index (χ1n) is 7.15. The molecule has 2 rings (SSSR count). The fourth-order valence-corrected chi connectivity index (χ4v) is 2.22. The molecule has 2 aliphatic heterocycles. The molecule has 0 spiro atoms. The zero-order valence-corrected chi connectivity index (χ0v) is 11.4. The van der Waals surface area contributed by atoms with Gasteiger partial charge in [0.25, 0.3) is 0 Å². The number of rotatable bonds is 7. The Kier molecular flexibility index (Phi) is 6.56. The molecule has 6 heteroatoms. The molecule has 110 valence electrons. The van der Waals surface area contributed by atoms with E-state index in [1.165, 1.54) is 0 Å². The Hall–Kier alpha value is -0.690. The highest BCUT2D eigenvalue weighted by molar-refractivity contribution is 5.81. The minimum absolute atomic E-state index is 0.0358. The minimum Gasteiger partial charge on any atom is -0.379 e. The van der Waals surface area contributed by atoms with Gasteiger partial charge in [0.2, 0.25) is 5.91 Å². The van der Waals surface area contributed by atoms with Crippen LogP contribution in [0.1, 0.15) is 19.3 Å². The zero-order chi connectivity index (χ0) is 13.3. The largest absolute Gasteiger partial charge is 0.379 e. The van der Waals surface area contributed by atoms with E-state index in [0.29, 0.717) is 32.9 Å². The first-order chi connectivity index (χ1) is 9.36. The lowest BCUT2D eigenvalue weighted by atomic mass is 10.2. The molecule has 6 nitrogen and oxygen atoms in total. The van der Waals surface area contributed by atoms with Crippen molar-refractivity contribution in [2.75, 3.05) is 46.1 Å². The monoisotopic (exact) mass is 272 g/mol.